The van der Waals surface area contributed by atoms with Crippen molar-refractivity contribution in [2.45, 2.75) is 128 Å². The number of rotatable bonds is 18. The van der Waals surface area contributed by atoms with Crippen molar-refractivity contribution in [3.05, 3.63) is 112 Å². The van der Waals surface area contributed by atoms with Crippen LogP contribution in [0.4, 0.5) is 0 Å². The third-order valence-electron chi connectivity index (χ3n) is 10.3. The number of allylic oxidation sites excluding steroid dienone is 4. The van der Waals surface area contributed by atoms with Crippen LogP contribution in [0, 0.1) is 0 Å². The lowest BCUT2D eigenvalue weighted by Crippen LogP contribution is -2.36. The molecular formula is C43H54O3. The van der Waals surface area contributed by atoms with Crippen molar-refractivity contribution < 1.29 is 15.0 Å². The summed E-state index contributed by atoms with van der Waals surface area (Å²) in [5, 5.41) is 23.0. The Kier molecular flexibility index (Phi) is 12.0. The molecular weight excluding hydrogens is 564 g/mol. The molecule has 0 spiro atoms. The van der Waals surface area contributed by atoms with Gasteiger partial charge in [0.05, 0.1) is 5.41 Å². The van der Waals surface area contributed by atoms with Gasteiger partial charge in [-0.3, -0.25) is 4.79 Å². The summed E-state index contributed by atoms with van der Waals surface area (Å²) in [5.74, 6) is 0.702. The van der Waals surface area contributed by atoms with Crippen LogP contribution in [0.1, 0.15) is 144 Å². The van der Waals surface area contributed by atoms with Gasteiger partial charge in [0.2, 0.25) is 0 Å². The highest BCUT2D eigenvalue weighted by atomic mass is 16.3. The van der Waals surface area contributed by atoms with Crippen molar-refractivity contribution in [2.75, 3.05) is 0 Å². The van der Waals surface area contributed by atoms with Crippen LogP contribution >= 0.6 is 0 Å². The molecule has 0 atom stereocenters. The largest absolute Gasteiger partial charge is 0.508 e. The first kappa shape index (κ1) is 33.8. The van der Waals surface area contributed by atoms with Gasteiger partial charge in [-0.25, -0.2) is 0 Å². The minimum absolute atomic E-state index is 0.115. The number of Topliss-reactive ketones (excluding diaryl/α,β-unsaturated/α-hetero) is 1. The first-order valence-electron chi connectivity index (χ1n) is 18.2. The molecule has 0 unspecified atom stereocenters. The maximum absolute atomic E-state index is 14.2. The third-order valence-corrected chi connectivity index (χ3v) is 10.3. The van der Waals surface area contributed by atoms with Crippen molar-refractivity contribution >= 4 is 11.4 Å². The third kappa shape index (κ3) is 6.89. The zero-order chi connectivity index (χ0) is 32.4. The SMILES string of the molecule is CCCCCCCCCc1c(O)cccc1C1(c2cccc(O)c2CCCCCCCCC)C2=C(C=CCC2=O)c2ccccc21. The van der Waals surface area contributed by atoms with Crippen LogP contribution in [-0.2, 0) is 23.1 Å². The number of fused-ring (bicyclic) bond motifs is 2. The molecule has 5 rings (SSSR count). The summed E-state index contributed by atoms with van der Waals surface area (Å²) in [4.78, 5) is 14.2. The number of benzene rings is 3. The van der Waals surface area contributed by atoms with Crippen LogP contribution in [0.2, 0.25) is 0 Å². The number of carbonyl (C=O) groups is 1. The Hall–Kier alpha value is -3.59. The summed E-state index contributed by atoms with van der Waals surface area (Å²) in [6.45, 7) is 4.49. The van der Waals surface area contributed by atoms with Crippen LogP contribution < -0.4 is 0 Å². The summed E-state index contributed by atoms with van der Waals surface area (Å²) in [5.41, 5.74) is 6.78. The number of unbranched alkanes of at least 4 members (excludes halogenated alkanes) is 12. The Morgan fingerprint density at radius 2 is 1.07 bits per heavy atom. The molecule has 3 aromatic rings. The molecule has 2 aliphatic carbocycles. The fourth-order valence-corrected chi connectivity index (χ4v) is 8.03. The molecule has 3 heteroatoms. The summed E-state index contributed by atoms with van der Waals surface area (Å²) in [6, 6.07) is 20.2. The van der Waals surface area contributed by atoms with E-state index in [9.17, 15) is 15.0 Å². The van der Waals surface area contributed by atoms with E-state index in [4.69, 9.17) is 0 Å². The first-order chi connectivity index (χ1) is 22.6. The lowest BCUT2D eigenvalue weighted by Gasteiger charge is -2.38. The van der Waals surface area contributed by atoms with Gasteiger partial charge < -0.3 is 10.2 Å². The molecule has 0 aliphatic heterocycles. The molecule has 0 bridgehead atoms. The van der Waals surface area contributed by atoms with E-state index < -0.39 is 5.41 Å². The van der Waals surface area contributed by atoms with E-state index in [0.717, 1.165) is 83.1 Å². The van der Waals surface area contributed by atoms with Gasteiger partial charge in [-0.1, -0.05) is 152 Å². The molecule has 0 fully saturated rings. The lowest BCUT2D eigenvalue weighted by molar-refractivity contribution is -0.115. The van der Waals surface area contributed by atoms with E-state index in [1.807, 2.05) is 18.2 Å². The number of carbonyl (C=O) groups excluding carboxylic acids is 1. The fraction of sp³-hybridized carbons (Fsp3) is 0.465. The summed E-state index contributed by atoms with van der Waals surface area (Å²) in [7, 11) is 0. The van der Waals surface area contributed by atoms with Gasteiger partial charge in [0.15, 0.2) is 5.78 Å². The van der Waals surface area contributed by atoms with Crippen LogP contribution in [0.3, 0.4) is 0 Å². The second-order valence-electron chi connectivity index (χ2n) is 13.5. The number of hydrogen-bond donors (Lipinski definition) is 2. The lowest BCUT2D eigenvalue weighted by atomic mass is 9.62. The highest BCUT2D eigenvalue weighted by molar-refractivity contribution is 6.14. The van der Waals surface area contributed by atoms with E-state index in [2.05, 4.69) is 56.3 Å². The Morgan fingerprint density at radius 1 is 0.587 bits per heavy atom. The van der Waals surface area contributed by atoms with Gasteiger partial charge in [0, 0.05) is 12.0 Å². The minimum atomic E-state index is -0.918. The fourth-order valence-electron chi connectivity index (χ4n) is 8.03. The van der Waals surface area contributed by atoms with Crippen molar-refractivity contribution in [3.63, 3.8) is 0 Å². The average molecular weight is 619 g/mol. The normalized spacial score (nSPS) is 15.0. The summed E-state index contributed by atoms with van der Waals surface area (Å²) < 4.78 is 0. The molecule has 0 radical (unpaired) electrons. The van der Waals surface area contributed by atoms with E-state index in [1.165, 1.54) is 64.2 Å². The van der Waals surface area contributed by atoms with E-state index in [-0.39, 0.29) is 5.78 Å². The first-order valence-corrected chi connectivity index (χ1v) is 18.2. The van der Waals surface area contributed by atoms with Gasteiger partial charge in [0.25, 0.3) is 0 Å². The van der Waals surface area contributed by atoms with Gasteiger partial charge in [-0.05, 0) is 76.8 Å². The van der Waals surface area contributed by atoms with Gasteiger partial charge >= 0.3 is 0 Å². The van der Waals surface area contributed by atoms with Crippen LogP contribution in [0.25, 0.3) is 5.57 Å². The highest BCUT2D eigenvalue weighted by Gasteiger charge is 2.52. The van der Waals surface area contributed by atoms with Crippen molar-refractivity contribution in [3.8, 4) is 11.5 Å². The standard InChI is InChI=1S/C43H54O3/c1-3-5-7-9-11-13-15-23-34-37(27-20-29-39(34)44)43(36-26-18-17-22-32(36)33-25-19-31-41(46)42(33)43)38-28-21-30-40(45)35(38)24-16-14-12-10-8-6-4-2/h17-22,25-30,44-45H,3-16,23-24,31H2,1-2H3. The molecule has 2 aliphatic rings. The second kappa shape index (κ2) is 16.3. The minimum Gasteiger partial charge on any atom is -0.508 e. The van der Waals surface area contributed by atoms with Crippen LogP contribution in [0.15, 0.2) is 78.4 Å². The predicted molar refractivity (Wildman–Crippen MR) is 192 cm³/mol. The molecule has 46 heavy (non-hydrogen) atoms. The monoisotopic (exact) mass is 618 g/mol. The molecule has 2 N–H and O–H groups in total. The molecule has 0 amide bonds. The molecule has 0 heterocycles. The van der Waals surface area contributed by atoms with Crippen molar-refractivity contribution in [2.24, 2.45) is 0 Å². The number of phenols is 2. The average Bonchev–Trinajstić information content (AvgIpc) is 3.37. The maximum atomic E-state index is 14.2. The Labute approximate surface area is 277 Å². The molecule has 0 saturated heterocycles. The zero-order valence-corrected chi connectivity index (χ0v) is 28.3. The number of hydrogen-bond acceptors (Lipinski definition) is 3. The Balaban J connectivity index is 1.62. The van der Waals surface area contributed by atoms with Crippen molar-refractivity contribution in [1.82, 2.24) is 0 Å². The van der Waals surface area contributed by atoms with Crippen LogP contribution in [-0.4, -0.2) is 16.0 Å². The Morgan fingerprint density at radius 3 is 1.61 bits per heavy atom. The maximum Gasteiger partial charge on any atom is 0.164 e. The number of ketones is 1. The van der Waals surface area contributed by atoms with E-state index in [1.54, 1.807) is 12.1 Å². The van der Waals surface area contributed by atoms with Gasteiger partial charge in [0.1, 0.15) is 11.5 Å². The van der Waals surface area contributed by atoms with E-state index >= 15 is 0 Å². The number of aromatic hydroxyl groups is 2. The summed E-state index contributed by atoms with van der Waals surface area (Å²) >= 11 is 0. The second-order valence-corrected chi connectivity index (χ2v) is 13.5. The van der Waals surface area contributed by atoms with Gasteiger partial charge in [-0.2, -0.15) is 0 Å². The molecule has 0 saturated carbocycles. The zero-order valence-electron chi connectivity index (χ0n) is 28.3. The van der Waals surface area contributed by atoms with Gasteiger partial charge in [-0.15, -0.1) is 0 Å². The quantitative estimate of drug-likeness (QED) is 0.139. The number of phenolic OH excluding ortho intramolecular Hbond substituents is 2. The predicted octanol–water partition coefficient (Wildman–Crippen LogP) is 11.3. The topological polar surface area (TPSA) is 57.5 Å². The van der Waals surface area contributed by atoms with Crippen LogP contribution in [0.5, 0.6) is 11.5 Å². The Bertz CT molecular complexity index is 1470. The molecule has 3 nitrogen and oxygen atoms in total. The highest BCUT2D eigenvalue weighted by Crippen LogP contribution is 2.59. The molecule has 244 valence electrons. The smallest absolute Gasteiger partial charge is 0.164 e. The van der Waals surface area contributed by atoms with E-state index in [0.29, 0.717) is 17.9 Å². The summed E-state index contributed by atoms with van der Waals surface area (Å²) in [6.07, 6.45) is 22.7. The molecule has 0 aromatic heterocycles. The van der Waals surface area contributed by atoms with Crippen molar-refractivity contribution in [1.29, 1.82) is 0 Å². The molecule has 3 aromatic carbocycles.